The molecule has 1 aromatic rings. The number of halogens is 2. The van der Waals surface area contributed by atoms with Crippen LogP contribution in [0.15, 0.2) is 22.7 Å². The second-order valence-corrected chi connectivity index (χ2v) is 4.82. The maximum absolute atomic E-state index is 13.4. The van der Waals surface area contributed by atoms with Crippen molar-refractivity contribution in [2.24, 2.45) is 0 Å². The minimum atomic E-state index is -0.524. The van der Waals surface area contributed by atoms with Crippen LogP contribution in [0.1, 0.15) is 6.42 Å². The van der Waals surface area contributed by atoms with E-state index in [1.54, 1.807) is 6.07 Å². The lowest BCUT2D eigenvalue weighted by atomic mass is 10.3. The molecule has 0 spiro atoms. The van der Waals surface area contributed by atoms with Gasteiger partial charge in [-0.1, -0.05) is 15.9 Å². The van der Waals surface area contributed by atoms with E-state index < -0.39 is 5.82 Å². The molecule has 0 bridgehead atoms. The highest BCUT2D eigenvalue weighted by atomic mass is 79.9. The Kier molecular flexibility index (Phi) is 8.17. The zero-order chi connectivity index (χ0) is 14.8. The molecule has 20 heavy (non-hydrogen) atoms. The molecular formula is C13H17BrFNO4. The number of amides is 1. The molecule has 0 unspecified atom stereocenters. The van der Waals surface area contributed by atoms with Crippen LogP contribution in [0.25, 0.3) is 0 Å². The highest BCUT2D eigenvalue weighted by Gasteiger charge is 2.06. The van der Waals surface area contributed by atoms with Gasteiger partial charge in [0.1, 0.15) is 0 Å². The lowest BCUT2D eigenvalue weighted by molar-refractivity contribution is -0.123. The Morgan fingerprint density at radius 1 is 1.40 bits per heavy atom. The number of hydrogen-bond donors (Lipinski definition) is 2. The van der Waals surface area contributed by atoms with Crippen LogP contribution >= 0.6 is 15.9 Å². The van der Waals surface area contributed by atoms with Crippen molar-refractivity contribution in [1.29, 1.82) is 0 Å². The first kappa shape index (κ1) is 16.9. The molecule has 0 saturated carbocycles. The molecule has 5 nitrogen and oxygen atoms in total. The lowest BCUT2D eigenvalue weighted by Crippen LogP contribution is -2.30. The summed E-state index contributed by atoms with van der Waals surface area (Å²) in [6.07, 6.45) is 0.637. The fourth-order valence-corrected chi connectivity index (χ4v) is 1.69. The Morgan fingerprint density at radius 3 is 2.90 bits per heavy atom. The van der Waals surface area contributed by atoms with Gasteiger partial charge >= 0.3 is 0 Å². The number of nitrogens with one attached hydrogen (secondary N) is 1. The molecule has 7 heteroatoms. The van der Waals surface area contributed by atoms with E-state index in [9.17, 15) is 9.18 Å². The number of carbonyl (C=O) groups excluding carboxylic acids is 1. The molecule has 0 fully saturated rings. The van der Waals surface area contributed by atoms with E-state index in [1.807, 2.05) is 0 Å². The molecule has 0 aliphatic heterocycles. The summed E-state index contributed by atoms with van der Waals surface area (Å²) in [5.74, 6) is -0.811. The number of benzene rings is 1. The molecule has 0 aliphatic rings. The van der Waals surface area contributed by atoms with Gasteiger partial charge in [0, 0.05) is 17.6 Å². The van der Waals surface area contributed by atoms with Crippen molar-refractivity contribution in [2.45, 2.75) is 6.42 Å². The third kappa shape index (κ3) is 6.83. The lowest BCUT2D eigenvalue weighted by Gasteiger charge is -2.08. The Balaban J connectivity index is 2.16. The number of carbonyl (C=O) groups is 1. The highest BCUT2D eigenvalue weighted by Crippen LogP contribution is 2.21. The van der Waals surface area contributed by atoms with Crippen LogP contribution in [0.5, 0.6) is 5.75 Å². The average Bonchev–Trinajstić information content (AvgIpc) is 2.41. The second-order valence-electron chi connectivity index (χ2n) is 3.90. The average molecular weight is 350 g/mol. The van der Waals surface area contributed by atoms with Crippen molar-refractivity contribution in [2.75, 3.05) is 33.0 Å². The number of ether oxygens (including phenoxy) is 2. The van der Waals surface area contributed by atoms with E-state index in [2.05, 4.69) is 21.2 Å². The summed E-state index contributed by atoms with van der Waals surface area (Å²) in [7, 11) is 0. The minimum absolute atomic E-state index is 0.0149. The molecule has 0 aromatic heterocycles. The molecule has 0 heterocycles. The van der Waals surface area contributed by atoms with Crippen molar-refractivity contribution in [1.82, 2.24) is 5.32 Å². The molecule has 1 rings (SSSR count). The van der Waals surface area contributed by atoms with Crippen LogP contribution in [0.3, 0.4) is 0 Å². The van der Waals surface area contributed by atoms with Crippen LogP contribution in [-0.4, -0.2) is 44.0 Å². The predicted molar refractivity (Wildman–Crippen MR) is 75.1 cm³/mol. The van der Waals surface area contributed by atoms with Gasteiger partial charge in [0.2, 0.25) is 0 Å². The Labute approximate surface area is 125 Å². The first-order valence-electron chi connectivity index (χ1n) is 6.16. The summed E-state index contributed by atoms with van der Waals surface area (Å²) >= 11 is 3.13. The normalized spacial score (nSPS) is 10.3. The molecular weight excluding hydrogens is 333 g/mol. The zero-order valence-electron chi connectivity index (χ0n) is 10.9. The van der Waals surface area contributed by atoms with Gasteiger partial charge in [0.25, 0.3) is 5.91 Å². The van der Waals surface area contributed by atoms with Crippen molar-refractivity contribution < 1.29 is 23.8 Å². The van der Waals surface area contributed by atoms with Gasteiger partial charge in [-0.15, -0.1) is 0 Å². The van der Waals surface area contributed by atoms with E-state index in [0.717, 1.165) is 0 Å². The smallest absolute Gasteiger partial charge is 0.257 e. The van der Waals surface area contributed by atoms with Gasteiger partial charge in [-0.25, -0.2) is 4.39 Å². The Morgan fingerprint density at radius 2 is 2.20 bits per heavy atom. The van der Waals surface area contributed by atoms with E-state index in [0.29, 0.717) is 30.7 Å². The zero-order valence-corrected chi connectivity index (χ0v) is 12.5. The molecule has 112 valence electrons. The maximum atomic E-state index is 13.4. The maximum Gasteiger partial charge on any atom is 0.257 e. The van der Waals surface area contributed by atoms with E-state index >= 15 is 0 Å². The Hall–Kier alpha value is -1.18. The number of aliphatic hydroxyl groups is 1. The van der Waals surface area contributed by atoms with Crippen molar-refractivity contribution >= 4 is 21.8 Å². The third-order valence-electron chi connectivity index (χ3n) is 2.28. The van der Waals surface area contributed by atoms with Gasteiger partial charge in [0.15, 0.2) is 18.2 Å². The fraction of sp³-hybridized carbons (Fsp3) is 0.462. The summed E-state index contributed by atoms with van der Waals surface area (Å²) in [5.41, 5.74) is 0. The van der Waals surface area contributed by atoms with Crippen LogP contribution < -0.4 is 10.1 Å². The molecule has 1 aromatic carbocycles. The molecule has 0 radical (unpaired) electrons. The molecule has 2 N–H and O–H groups in total. The number of aliphatic hydroxyl groups excluding tert-OH is 1. The first-order valence-corrected chi connectivity index (χ1v) is 6.96. The fourth-order valence-electron chi connectivity index (χ4n) is 1.36. The monoisotopic (exact) mass is 349 g/mol. The van der Waals surface area contributed by atoms with Gasteiger partial charge in [0.05, 0.1) is 13.2 Å². The van der Waals surface area contributed by atoms with Crippen LogP contribution in [0.2, 0.25) is 0 Å². The summed E-state index contributed by atoms with van der Waals surface area (Å²) in [6, 6.07) is 4.36. The minimum Gasteiger partial charge on any atom is -0.481 e. The quantitative estimate of drug-likeness (QED) is 0.662. The molecule has 0 aliphatic carbocycles. The summed E-state index contributed by atoms with van der Waals surface area (Å²) in [5, 5.41) is 11.1. The largest absolute Gasteiger partial charge is 0.481 e. The van der Waals surface area contributed by atoms with Crippen LogP contribution in [-0.2, 0) is 9.53 Å². The topological polar surface area (TPSA) is 67.8 Å². The van der Waals surface area contributed by atoms with Crippen LogP contribution in [0.4, 0.5) is 4.39 Å². The van der Waals surface area contributed by atoms with E-state index in [1.165, 1.54) is 12.1 Å². The van der Waals surface area contributed by atoms with E-state index in [4.69, 9.17) is 14.6 Å². The van der Waals surface area contributed by atoms with Crippen molar-refractivity contribution in [3.8, 4) is 5.75 Å². The summed E-state index contributed by atoms with van der Waals surface area (Å²) < 4.78 is 24.1. The number of rotatable bonds is 9. The van der Waals surface area contributed by atoms with Gasteiger partial charge in [-0.3, -0.25) is 4.79 Å². The van der Waals surface area contributed by atoms with Crippen molar-refractivity contribution in [3.05, 3.63) is 28.5 Å². The third-order valence-corrected chi connectivity index (χ3v) is 2.77. The standard InChI is InChI=1S/C13H17BrFNO4/c14-10-2-3-12(11(15)8-10)20-9-13(18)16-4-1-6-19-7-5-17/h2-3,8,17H,1,4-7,9H2,(H,16,18). The first-order chi connectivity index (χ1) is 9.63. The Bertz CT molecular complexity index is 431. The molecule has 0 atom stereocenters. The second kappa shape index (κ2) is 9.68. The SMILES string of the molecule is O=C(COc1ccc(Br)cc1F)NCCCOCCO. The van der Waals surface area contributed by atoms with Crippen molar-refractivity contribution in [3.63, 3.8) is 0 Å². The summed E-state index contributed by atoms with van der Waals surface area (Å²) in [6.45, 7) is 0.939. The van der Waals surface area contributed by atoms with E-state index in [-0.39, 0.29) is 24.9 Å². The van der Waals surface area contributed by atoms with Crippen LogP contribution in [0, 0.1) is 5.82 Å². The predicted octanol–water partition coefficient (Wildman–Crippen LogP) is 1.48. The highest BCUT2D eigenvalue weighted by molar-refractivity contribution is 9.10. The molecule has 1 amide bonds. The van der Waals surface area contributed by atoms with Gasteiger partial charge in [-0.05, 0) is 24.6 Å². The number of hydrogen-bond acceptors (Lipinski definition) is 4. The van der Waals surface area contributed by atoms with Gasteiger partial charge < -0.3 is 19.9 Å². The van der Waals surface area contributed by atoms with Gasteiger partial charge in [-0.2, -0.15) is 0 Å². The molecule has 0 saturated heterocycles. The summed E-state index contributed by atoms with van der Waals surface area (Å²) in [4.78, 5) is 11.4.